The lowest BCUT2D eigenvalue weighted by atomic mass is 10.1. The summed E-state index contributed by atoms with van der Waals surface area (Å²) in [6.45, 7) is 3.51. The van der Waals surface area contributed by atoms with Crippen LogP contribution in [-0.2, 0) is 19.1 Å². The van der Waals surface area contributed by atoms with Crippen molar-refractivity contribution in [1.29, 1.82) is 0 Å². The molecular formula is C20H26N4O10. The summed E-state index contributed by atoms with van der Waals surface area (Å²) in [6, 6.07) is 2.24. The predicted octanol–water partition coefficient (Wildman–Crippen LogP) is -2.21. The van der Waals surface area contributed by atoms with Crippen molar-refractivity contribution < 1.29 is 29.3 Å². The molecule has 34 heavy (non-hydrogen) atoms. The molecule has 186 valence electrons. The summed E-state index contributed by atoms with van der Waals surface area (Å²) in [5.41, 5.74) is -2.54. The summed E-state index contributed by atoms with van der Waals surface area (Å²) >= 11 is 0. The van der Waals surface area contributed by atoms with Crippen molar-refractivity contribution in [2.24, 2.45) is 0 Å². The third kappa shape index (κ3) is 6.32. The molecule has 1 aliphatic rings. The Hall–Kier alpha value is -3.46. The molecule has 0 aromatic carbocycles. The first-order chi connectivity index (χ1) is 16.2. The molecule has 3 heterocycles. The molecule has 1 aliphatic heterocycles. The number of aromatic amines is 2. The van der Waals surface area contributed by atoms with Crippen LogP contribution in [0.1, 0.15) is 39.1 Å². The first kappa shape index (κ1) is 26.8. The number of aliphatic hydroxyl groups excluding tert-OH is 2. The maximum Gasteiger partial charge on any atom is 0.330 e. The lowest BCUT2D eigenvalue weighted by Crippen LogP contribution is -2.37. The number of carbonyl (C=O) groups is 2. The van der Waals surface area contributed by atoms with Gasteiger partial charge in [-0.15, -0.1) is 0 Å². The number of hydrogen-bond donors (Lipinski definition) is 4. The minimum absolute atomic E-state index is 0.381. The zero-order chi connectivity index (χ0) is 25.4. The molecule has 0 amide bonds. The highest BCUT2D eigenvalue weighted by atomic mass is 16.6. The predicted molar refractivity (Wildman–Crippen MR) is 115 cm³/mol. The lowest BCUT2D eigenvalue weighted by Gasteiger charge is -2.17. The monoisotopic (exact) mass is 482 g/mol. The van der Waals surface area contributed by atoms with Crippen molar-refractivity contribution in [1.82, 2.24) is 19.1 Å². The van der Waals surface area contributed by atoms with E-state index in [4.69, 9.17) is 9.47 Å². The molecule has 0 bridgehead atoms. The Kier molecular flexibility index (Phi) is 9.56. The molecule has 14 nitrogen and oxygen atoms in total. The van der Waals surface area contributed by atoms with Gasteiger partial charge in [-0.2, -0.15) is 0 Å². The minimum Gasteiger partial charge on any atom is -0.388 e. The zero-order valence-electron chi connectivity index (χ0n) is 18.4. The highest BCUT2D eigenvalue weighted by Crippen LogP contribution is 2.29. The second-order valence-electron chi connectivity index (χ2n) is 7.23. The van der Waals surface area contributed by atoms with Gasteiger partial charge in [-0.1, -0.05) is 13.8 Å². The van der Waals surface area contributed by atoms with Crippen LogP contribution >= 0.6 is 0 Å². The summed E-state index contributed by atoms with van der Waals surface area (Å²) in [5, 5.41) is 19.5. The highest BCUT2D eigenvalue weighted by molar-refractivity contribution is 5.58. The maximum atomic E-state index is 11.5. The van der Waals surface area contributed by atoms with Crippen LogP contribution < -0.4 is 22.5 Å². The van der Waals surface area contributed by atoms with E-state index in [0.717, 1.165) is 27.5 Å². The number of nitrogens with one attached hydrogen (secondary N) is 2. The summed E-state index contributed by atoms with van der Waals surface area (Å²) < 4.78 is 12.5. The Morgan fingerprint density at radius 2 is 1.62 bits per heavy atom. The van der Waals surface area contributed by atoms with Gasteiger partial charge in [-0.25, -0.2) is 9.59 Å². The number of aldehydes is 2. The minimum atomic E-state index is -1.23. The average molecular weight is 482 g/mol. The van der Waals surface area contributed by atoms with Crippen molar-refractivity contribution in [2.45, 2.75) is 63.6 Å². The second-order valence-corrected chi connectivity index (χ2v) is 7.23. The van der Waals surface area contributed by atoms with Gasteiger partial charge in [0.05, 0.1) is 6.10 Å². The van der Waals surface area contributed by atoms with Crippen molar-refractivity contribution in [3.63, 3.8) is 0 Å². The fraction of sp³-hybridized carbons (Fsp3) is 0.500. The summed E-state index contributed by atoms with van der Waals surface area (Å²) in [6.07, 6.45) is -1.52. The number of hydrogen-bond acceptors (Lipinski definition) is 10. The van der Waals surface area contributed by atoms with E-state index in [-0.39, 0.29) is 0 Å². The van der Waals surface area contributed by atoms with Gasteiger partial charge in [0, 0.05) is 24.5 Å². The van der Waals surface area contributed by atoms with E-state index in [0.29, 0.717) is 25.4 Å². The molecule has 4 N–H and O–H groups in total. The van der Waals surface area contributed by atoms with E-state index in [2.05, 4.69) is 4.98 Å². The molecule has 0 unspecified atom stereocenters. The number of ether oxygens (including phenoxy) is 2. The third-order valence-corrected chi connectivity index (χ3v) is 4.97. The molecule has 14 heteroatoms. The van der Waals surface area contributed by atoms with Crippen LogP contribution in [0, 0.1) is 0 Å². The number of nitrogens with zero attached hydrogens (tertiary/aromatic N) is 2. The lowest BCUT2D eigenvalue weighted by molar-refractivity contribution is -0.137. The molecule has 1 fully saturated rings. The van der Waals surface area contributed by atoms with Crippen molar-refractivity contribution >= 4 is 12.6 Å². The number of rotatable bonds is 8. The van der Waals surface area contributed by atoms with Gasteiger partial charge in [0.25, 0.3) is 11.1 Å². The van der Waals surface area contributed by atoms with Gasteiger partial charge < -0.3 is 24.5 Å². The van der Waals surface area contributed by atoms with Gasteiger partial charge >= 0.3 is 11.4 Å². The SMILES string of the molecule is CC[C@H](C=O)O[C@H](C=O)n1ccc(=O)[nH]c1=O.CC[C@H]1O[C@@H](n2ccc(=O)[nH]c2=O)[C@H](O)[C@@H]1O. The normalized spacial score (nSPS) is 23.4. The number of aromatic nitrogens is 4. The van der Waals surface area contributed by atoms with Gasteiger partial charge in [0.15, 0.2) is 18.7 Å². The first-order valence-electron chi connectivity index (χ1n) is 10.4. The fourth-order valence-electron chi connectivity index (χ4n) is 3.12. The smallest absolute Gasteiger partial charge is 0.330 e. The van der Waals surface area contributed by atoms with Gasteiger partial charge in [0.1, 0.15) is 24.6 Å². The Bertz CT molecular complexity index is 1200. The van der Waals surface area contributed by atoms with Gasteiger partial charge in [-0.05, 0) is 12.8 Å². The second kappa shape index (κ2) is 12.1. The molecule has 2 aromatic heterocycles. The maximum absolute atomic E-state index is 11.5. The molecule has 6 atom stereocenters. The average Bonchev–Trinajstić information content (AvgIpc) is 3.09. The summed E-state index contributed by atoms with van der Waals surface area (Å²) in [5.74, 6) is 0. The Morgan fingerprint density at radius 1 is 1.00 bits per heavy atom. The Morgan fingerprint density at radius 3 is 2.09 bits per heavy atom. The van der Waals surface area contributed by atoms with E-state index in [9.17, 15) is 39.0 Å². The molecule has 0 radical (unpaired) electrons. The first-order valence-corrected chi connectivity index (χ1v) is 10.4. The van der Waals surface area contributed by atoms with Crippen molar-refractivity contribution in [2.75, 3.05) is 0 Å². The van der Waals surface area contributed by atoms with Crippen LogP contribution in [0.15, 0.2) is 43.7 Å². The zero-order valence-corrected chi connectivity index (χ0v) is 18.4. The number of aliphatic hydroxyl groups is 2. The Balaban J connectivity index is 0.000000240. The van der Waals surface area contributed by atoms with Crippen LogP contribution in [0.2, 0.25) is 0 Å². The third-order valence-electron chi connectivity index (χ3n) is 4.97. The van der Waals surface area contributed by atoms with Crippen molar-refractivity contribution in [3.05, 3.63) is 66.2 Å². The molecule has 0 aliphatic carbocycles. The standard InChI is InChI=1S/C10H14N2O5.C10H12N2O5/c1-2-5-7(14)8(15)9(17-5)12-4-3-6(13)11-10(12)16;1-2-7(5-13)17-9(6-14)12-4-3-8(15)11-10(12)16/h3-5,7-9,14-15H,2H2,1H3,(H,11,13,16);3-7,9H,2H2,1H3,(H,11,15,16)/t5-,7-,8-,9-;7-,9-/m11/s1. The van der Waals surface area contributed by atoms with Crippen LogP contribution in [0.3, 0.4) is 0 Å². The van der Waals surface area contributed by atoms with Crippen LogP contribution in [0.5, 0.6) is 0 Å². The largest absolute Gasteiger partial charge is 0.388 e. The quantitative estimate of drug-likeness (QED) is 0.299. The molecular weight excluding hydrogens is 456 g/mol. The van der Waals surface area contributed by atoms with Crippen LogP contribution in [0.25, 0.3) is 0 Å². The number of carbonyl (C=O) groups excluding carboxylic acids is 2. The van der Waals surface area contributed by atoms with Crippen LogP contribution in [-0.4, -0.2) is 66.3 Å². The summed E-state index contributed by atoms with van der Waals surface area (Å²) in [7, 11) is 0. The van der Waals surface area contributed by atoms with Crippen molar-refractivity contribution in [3.8, 4) is 0 Å². The summed E-state index contributed by atoms with van der Waals surface area (Å²) in [4.78, 5) is 70.1. The van der Waals surface area contributed by atoms with E-state index in [1.54, 1.807) is 13.8 Å². The van der Waals surface area contributed by atoms with E-state index in [1.807, 2.05) is 4.98 Å². The van der Waals surface area contributed by atoms with E-state index >= 15 is 0 Å². The molecule has 3 rings (SSSR count). The van der Waals surface area contributed by atoms with Gasteiger partial charge in [-0.3, -0.25) is 33.5 Å². The highest BCUT2D eigenvalue weighted by Gasteiger charge is 2.43. The molecule has 2 aromatic rings. The molecule has 0 spiro atoms. The molecule has 1 saturated heterocycles. The number of H-pyrrole nitrogens is 2. The van der Waals surface area contributed by atoms with Gasteiger partial charge in [0.2, 0.25) is 0 Å². The topological polar surface area (TPSA) is 203 Å². The van der Waals surface area contributed by atoms with E-state index < -0.39 is 59.4 Å². The fourth-order valence-corrected chi connectivity index (χ4v) is 3.12. The Labute approximate surface area is 191 Å². The molecule has 0 saturated carbocycles. The van der Waals surface area contributed by atoms with Crippen LogP contribution in [0.4, 0.5) is 0 Å². The van der Waals surface area contributed by atoms with E-state index in [1.165, 1.54) is 6.20 Å².